The van der Waals surface area contributed by atoms with E-state index in [2.05, 4.69) is 9.97 Å². The minimum atomic E-state index is -4.62. The van der Waals surface area contributed by atoms with Gasteiger partial charge in [0, 0.05) is 23.1 Å². The van der Waals surface area contributed by atoms with Gasteiger partial charge in [0.05, 0.1) is 4.92 Å². The number of nitrogens with zero attached hydrogens (tertiary/aromatic N) is 3. The third-order valence-corrected chi connectivity index (χ3v) is 3.21. The Kier molecular flexibility index (Phi) is 3.98. The van der Waals surface area contributed by atoms with Crippen LogP contribution < -0.4 is 5.73 Å². The maximum Gasteiger partial charge on any atom is 0.433 e. The van der Waals surface area contributed by atoms with Crippen LogP contribution in [0.15, 0.2) is 40.3 Å². The summed E-state index contributed by atoms with van der Waals surface area (Å²) in [5.41, 5.74) is 4.00. The molecule has 6 nitrogen and oxygen atoms in total. The maximum atomic E-state index is 12.6. The molecule has 21 heavy (non-hydrogen) atoms. The first kappa shape index (κ1) is 15.0. The Balaban J connectivity index is 2.27. The van der Waals surface area contributed by atoms with Gasteiger partial charge >= 0.3 is 6.18 Å². The molecule has 0 bridgehead atoms. The Morgan fingerprint density at radius 2 is 1.81 bits per heavy atom. The van der Waals surface area contributed by atoms with Crippen LogP contribution in [0.4, 0.5) is 24.8 Å². The van der Waals surface area contributed by atoms with Gasteiger partial charge in [-0.25, -0.2) is 9.97 Å². The zero-order chi connectivity index (χ0) is 15.6. The second kappa shape index (κ2) is 5.56. The van der Waals surface area contributed by atoms with Crippen LogP contribution in [-0.2, 0) is 6.18 Å². The lowest BCUT2D eigenvalue weighted by Crippen LogP contribution is -2.11. The van der Waals surface area contributed by atoms with E-state index in [1.807, 2.05) is 0 Å². The highest BCUT2D eigenvalue weighted by Crippen LogP contribution is 2.33. The van der Waals surface area contributed by atoms with Crippen molar-refractivity contribution in [2.45, 2.75) is 16.1 Å². The van der Waals surface area contributed by atoms with Crippen molar-refractivity contribution in [1.29, 1.82) is 0 Å². The number of nitro groups is 1. The lowest BCUT2D eigenvalue weighted by molar-refractivity contribution is -0.384. The van der Waals surface area contributed by atoms with Gasteiger partial charge in [0.15, 0.2) is 5.69 Å². The summed E-state index contributed by atoms with van der Waals surface area (Å²) >= 11 is 0.899. The van der Waals surface area contributed by atoms with Gasteiger partial charge in [-0.15, -0.1) is 0 Å². The van der Waals surface area contributed by atoms with Crippen LogP contribution in [0, 0.1) is 10.1 Å². The van der Waals surface area contributed by atoms with Gasteiger partial charge in [0.25, 0.3) is 5.69 Å². The van der Waals surface area contributed by atoms with E-state index < -0.39 is 22.7 Å². The lowest BCUT2D eigenvalue weighted by Gasteiger charge is -2.08. The van der Waals surface area contributed by atoms with Crippen molar-refractivity contribution in [3.05, 3.63) is 46.1 Å². The van der Waals surface area contributed by atoms with E-state index in [9.17, 15) is 23.3 Å². The van der Waals surface area contributed by atoms with E-state index in [1.165, 1.54) is 24.3 Å². The van der Waals surface area contributed by atoms with Gasteiger partial charge in [0.1, 0.15) is 5.03 Å². The number of hydrogen-bond donors (Lipinski definition) is 1. The van der Waals surface area contributed by atoms with Crippen LogP contribution in [0.3, 0.4) is 0 Å². The number of hydrogen-bond acceptors (Lipinski definition) is 6. The van der Waals surface area contributed by atoms with Crippen LogP contribution in [0.1, 0.15) is 5.69 Å². The molecule has 0 atom stereocenters. The first-order valence-corrected chi connectivity index (χ1v) is 6.21. The highest BCUT2D eigenvalue weighted by atomic mass is 32.2. The lowest BCUT2D eigenvalue weighted by atomic mass is 10.3. The van der Waals surface area contributed by atoms with Crippen molar-refractivity contribution >= 4 is 23.4 Å². The van der Waals surface area contributed by atoms with Crippen LogP contribution in [0.2, 0.25) is 0 Å². The fourth-order valence-electron chi connectivity index (χ4n) is 1.40. The van der Waals surface area contributed by atoms with Gasteiger partial charge < -0.3 is 5.73 Å². The Morgan fingerprint density at radius 3 is 2.33 bits per heavy atom. The fraction of sp³-hybridized carbons (Fsp3) is 0.0909. The Labute approximate surface area is 120 Å². The number of alkyl halides is 3. The summed E-state index contributed by atoms with van der Waals surface area (Å²) in [6, 6.07) is 6.08. The van der Waals surface area contributed by atoms with Crippen molar-refractivity contribution in [1.82, 2.24) is 9.97 Å². The van der Waals surface area contributed by atoms with E-state index in [-0.39, 0.29) is 10.7 Å². The maximum absolute atomic E-state index is 12.6. The average molecular weight is 316 g/mol. The zero-order valence-electron chi connectivity index (χ0n) is 10.2. The minimum absolute atomic E-state index is 0.00341. The van der Waals surface area contributed by atoms with E-state index >= 15 is 0 Å². The van der Waals surface area contributed by atoms with Crippen molar-refractivity contribution in [3.63, 3.8) is 0 Å². The molecule has 0 spiro atoms. The monoisotopic (exact) mass is 316 g/mol. The van der Waals surface area contributed by atoms with Crippen LogP contribution in [0.25, 0.3) is 0 Å². The zero-order valence-corrected chi connectivity index (χ0v) is 11.0. The standard InChI is InChI=1S/C11H7F3N4O2S/c12-11(13,14)8-5-9(17-10(15)16-8)21-7-3-1-6(2-4-7)18(19)20/h1-5H,(H2,15,16,17). The summed E-state index contributed by atoms with van der Waals surface area (Å²) in [6.45, 7) is 0. The number of halogens is 3. The number of nitrogen functional groups attached to an aromatic ring is 1. The molecule has 1 aromatic carbocycles. The largest absolute Gasteiger partial charge is 0.433 e. The summed E-state index contributed by atoms with van der Waals surface area (Å²) in [5, 5.41) is 10.5. The molecule has 0 unspecified atom stereocenters. The van der Waals surface area contributed by atoms with E-state index in [4.69, 9.17) is 5.73 Å². The van der Waals surface area contributed by atoms with Crippen LogP contribution in [-0.4, -0.2) is 14.9 Å². The molecule has 0 saturated carbocycles. The third kappa shape index (κ3) is 3.81. The second-order valence-electron chi connectivity index (χ2n) is 3.80. The van der Waals surface area contributed by atoms with E-state index in [1.54, 1.807) is 0 Å². The van der Waals surface area contributed by atoms with Crippen molar-refractivity contribution in [2.75, 3.05) is 5.73 Å². The number of nitrogens with two attached hydrogens (primary N) is 1. The first-order chi connectivity index (χ1) is 9.75. The summed E-state index contributed by atoms with van der Waals surface area (Å²) < 4.78 is 37.8. The second-order valence-corrected chi connectivity index (χ2v) is 4.89. The summed E-state index contributed by atoms with van der Waals surface area (Å²) in [6.07, 6.45) is -4.62. The van der Waals surface area contributed by atoms with Gasteiger partial charge in [-0.05, 0) is 12.1 Å². The SMILES string of the molecule is Nc1nc(Sc2ccc([N+](=O)[O-])cc2)cc(C(F)(F)F)n1. The predicted octanol–water partition coefficient (Wildman–Crippen LogP) is 3.14. The predicted molar refractivity (Wildman–Crippen MR) is 68.7 cm³/mol. The highest BCUT2D eigenvalue weighted by Gasteiger charge is 2.33. The molecule has 0 aliphatic rings. The first-order valence-electron chi connectivity index (χ1n) is 5.40. The molecule has 0 fully saturated rings. The van der Waals surface area contributed by atoms with E-state index in [0.717, 1.165) is 17.8 Å². The Hall–Kier alpha value is -2.36. The Bertz CT molecular complexity index is 676. The molecule has 0 saturated heterocycles. The molecule has 10 heteroatoms. The van der Waals surface area contributed by atoms with Gasteiger partial charge in [0.2, 0.25) is 5.95 Å². The molecule has 2 aromatic rings. The highest BCUT2D eigenvalue weighted by molar-refractivity contribution is 7.99. The van der Waals surface area contributed by atoms with Crippen LogP contribution >= 0.6 is 11.8 Å². The summed E-state index contributed by atoms with van der Waals surface area (Å²) in [7, 11) is 0. The number of anilines is 1. The quantitative estimate of drug-likeness (QED) is 0.531. The smallest absolute Gasteiger partial charge is 0.368 e. The molecule has 110 valence electrons. The number of non-ortho nitro benzene ring substituents is 1. The molecule has 2 N–H and O–H groups in total. The van der Waals surface area contributed by atoms with Crippen molar-refractivity contribution < 1.29 is 18.1 Å². The number of rotatable bonds is 3. The number of aromatic nitrogens is 2. The van der Waals surface area contributed by atoms with Gasteiger partial charge in [-0.1, -0.05) is 11.8 Å². The molecule has 2 rings (SSSR count). The normalized spacial score (nSPS) is 11.4. The number of benzene rings is 1. The molecule has 0 aliphatic carbocycles. The molecule has 0 aliphatic heterocycles. The van der Waals surface area contributed by atoms with Crippen molar-refractivity contribution in [3.8, 4) is 0 Å². The molecule has 0 radical (unpaired) electrons. The average Bonchev–Trinajstić information content (AvgIpc) is 2.37. The third-order valence-electron chi connectivity index (χ3n) is 2.28. The topological polar surface area (TPSA) is 94.9 Å². The molecule has 1 heterocycles. The summed E-state index contributed by atoms with van der Waals surface area (Å²) in [4.78, 5) is 17.2. The summed E-state index contributed by atoms with van der Waals surface area (Å²) in [5.74, 6) is -0.491. The van der Waals surface area contributed by atoms with E-state index in [0.29, 0.717) is 4.90 Å². The molecule has 1 aromatic heterocycles. The van der Waals surface area contributed by atoms with Crippen molar-refractivity contribution in [2.24, 2.45) is 0 Å². The molecule has 0 amide bonds. The fourth-order valence-corrected chi connectivity index (χ4v) is 2.22. The minimum Gasteiger partial charge on any atom is -0.368 e. The molecular weight excluding hydrogens is 309 g/mol. The Morgan fingerprint density at radius 1 is 1.19 bits per heavy atom. The molecular formula is C11H7F3N4O2S. The van der Waals surface area contributed by atoms with Gasteiger partial charge in [-0.2, -0.15) is 13.2 Å². The van der Waals surface area contributed by atoms with Gasteiger partial charge in [-0.3, -0.25) is 10.1 Å². The number of nitro benzene ring substituents is 1. The van der Waals surface area contributed by atoms with Crippen LogP contribution in [0.5, 0.6) is 0 Å².